The Morgan fingerprint density at radius 2 is 1.80 bits per heavy atom. The zero-order chi connectivity index (χ0) is 21.8. The predicted octanol–water partition coefficient (Wildman–Crippen LogP) is 7.94. The highest BCUT2D eigenvalue weighted by atomic mass is 16.3. The third-order valence-electron chi connectivity index (χ3n) is 11.1. The lowest BCUT2D eigenvalue weighted by atomic mass is 9.47. The molecule has 0 amide bonds. The molecule has 0 saturated heterocycles. The van der Waals surface area contributed by atoms with E-state index in [-0.39, 0.29) is 6.10 Å². The Morgan fingerprint density at radius 3 is 2.50 bits per heavy atom. The molecule has 4 rings (SSSR count). The highest BCUT2D eigenvalue weighted by Gasteiger charge is 2.56. The van der Waals surface area contributed by atoms with Crippen LogP contribution in [-0.2, 0) is 0 Å². The number of hydrogen-bond acceptors (Lipinski definition) is 1. The van der Waals surface area contributed by atoms with Crippen molar-refractivity contribution in [2.75, 3.05) is 0 Å². The van der Waals surface area contributed by atoms with Gasteiger partial charge in [-0.25, -0.2) is 0 Å². The fraction of sp³-hybridized carbons (Fsp3) is 0.862. The minimum Gasteiger partial charge on any atom is -0.393 e. The number of aliphatic hydroxyl groups excluding tert-OH is 1. The molecule has 1 heteroatoms. The molecule has 0 aromatic heterocycles. The van der Waals surface area contributed by atoms with E-state index in [1.165, 1.54) is 63.4 Å². The summed E-state index contributed by atoms with van der Waals surface area (Å²) in [7, 11) is 0. The Labute approximate surface area is 186 Å². The summed E-state index contributed by atoms with van der Waals surface area (Å²) in [5.74, 6) is 4.36. The van der Waals surface area contributed by atoms with E-state index in [2.05, 4.69) is 48.1 Å². The van der Waals surface area contributed by atoms with Gasteiger partial charge < -0.3 is 5.11 Å². The van der Waals surface area contributed by atoms with E-state index in [9.17, 15) is 5.11 Å². The van der Waals surface area contributed by atoms with Gasteiger partial charge in [-0.15, -0.1) is 0 Å². The molecule has 0 heterocycles. The predicted molar refractivity (Wildman–Crippen MR) is 128 cm³/mol. The van der Waals surface area contributed by atoms with Crippen LogP contribution >= 0.6 is 0 Å². The van der Waals surface area contributed by atoms with Gasteiger partial charge in [-0.3, -0.25) is 0 Å². The summed E-state index contributed by atoms with van der Waals surface area (Å²) in [5, 5.41) is 10.5. The number of fused-ring (bicyclic) bond motifs is 4. The lowest BCUT2D eigenvalue weighted by Crippen LogP contribution is -2.51. The molecule has 1 nitrogen and oxygen atoms in total. The Bertz CT molecular complexity index is 703. The van der Waals surface area contributed by atoms with E-state index >= 15 is 0 Å². The van der Waals surface area contributed by atoms with Crippen molar-refractivity contribution >= 4 is 0 Å². The molecule has 0 aromatic rings. The molecule has 4 aliphatic rings. The van der Waals surface area contributed by atoms with Crippen molar-refractivity contribution in [1.82, 2.24) is 0 Å². The average Bonchev–Trinajstić information content (AvgIpc) is 3.06. The van der Waals surface area contributed by atoms with Crippen molar-refractivity contribution in [3.63, 3.8) is 0 Å². The molecule has 9 atom stereocenters. The summed E-state index contributed by atoms with van der Waals surface area (Å²) in [6.45, 7) is 18.8. The summed E-state index contributed by atoms with van der Waals surface area (Å²) in [6.07, 6.45) is 13.1. The Hall–Kier alpha value is -0.560. The summed E-state index contributed by atoms with van der Waals surface area (Å²) in [4.78, 5) is 0. The van der Waals surface area contributed by atoms with Crippen molar-refractivity contribution in [3.8, 4) is 0 Å². The molecule has 30 heavy (non-hydrogen) atoms. The standard InChI is InChI=1S/C29H48O/c1-18(2)19(3)8-9-20(4)23-12-13-25-22-10-11-24-21(5)27(30)15-17-29(24,7)26(22)14-16-28(23,25)6/h19-21,23-24,26-27,30H,1,8-17H2,2-7H3/t19-,20+,21?,23+,24?,26-,27?,28+,29-/m0/s1. The third-order valence-corrected chi connectivity index (χ3v) is 11.1. The maximum Gasteiger partial charge on any atom is 0.0568 e. The Kier molecular flexibility index (Phi) is 6.10. The van der Waals surface area contributed by atoms with Crippen LogP contribution in [-0.4, -0.2) is 11.2 Å². The molecular weight excluding hydrogens is 364 g/mol. The molecule has 4 aliphatic carbocycles. The van der Waals surface area contributed by atoms with Crippen LogP contribution in [0.5, 0.6) is 0 Å². The molecule has 3 unspecified atom stereocenters. The SMILES string of the molecule is C=C(C)[C@@H](C)CC[C@@H](C)[C@H]1CCC2=C3CCC4C(C)C(O)CC[C@]4(C)[C@H]3CC[C@@]21C. The van der Waals surface area contributed by atoms with E-state index in [0.29, 0.717) is 22.7 Å². The van der Waals surface area contributed by atoms with Crippen molar-refractivity contribution in [2.45, 2.75) is 112 Å². The normalized spacial score (nSPS) is 45.4. The van der Waals surface area contributed by atoms with Crippen LogP contribution in [0.3, 0.4) is 0 Å². The first kappa shape index (κ1) is 22.6. The fourth-order valence-corrected chi connectivity index (χ4v) is 8.86. The molecule has 0 bridgehead atoms. The van der Waals surface area contributed by atoms with Crippen molar-refractivity contribution < 1.29 is 5.11 Å². The van der Waals surface area contributed by atoms with Gasteiger partial charge in [-0.05, 0) is 117 Å². The highest BCUT2D eigenvalue weighted by molar-refractivity contribution is 5.35. The number of rotatable bonds is 5. The van der Waals surface area contributed by atoms with Gasteiger partial charge in [0, 0.05) is 0 Å². The zero-order valence-corrected chi connectivity index (χ0v) is 20.8. The Balaban J connectivity index is 1.55. The molecule has 0 aromatic carbocycles. The summed E-state index contributed by atoms with van der Waals surface area (Å²) in [6, 6.07) is 0. The first-order valence-corrected chi connectivity index (χ1v) is 13.2. The topological polar surface area (TPSA) is 20.2 Å². The first-order valence-electron chi connectivity index (χ1n) is 13.2. The molecule has 0 aliphatic heterocycles. The van der Waals surface area contributed by atoms with Crippen LogP contribution in [0.2, 0.25) is 0 Å². The molecular formula is C29H48O. The minimum atomic E-state index is -0.0653. The van der Waals surface area contributed by atoms with Gasteiger partial charge in [0.15, 0.2) is 0 Å². The lowest BCUT2D eigenvalue weighted by molar-refractivity contribution is -0.0779. The molecule has 3 fully saturated rings. The first-order chi connectivity index (χ1) is 14.1. The largest absolute Gasteiger partial charge is 0.393 e. The van der Waals surface area contributed by atoms with Crippen LogP contribution in [0.15, 0.2) is 23.3 Å². The second-order valence-corrected chi connectivity index (χ2v) is 12.6. The number of allylic oxidation sites excluding steroid dienone is 3. The fourth-order valence-electron chi connectivity index (χ4n) is 8.86. The van der Waals surface area contributed by atoms with Crippen LogP contribution in [0.25, 0.3) is 0 Å². The lowest BCUT2D eigenvalue weighted by Gasteiger charge is -2.58. The summed E-state index contributed by atoms with van der Waals surface area (Å²) < 4.78 is 0. The van der Waals surface area contributed by atoms with Crippen molar-refractivity contribution in [1.29, 1.82) is 0 Å². The van der Waals surface area contributed by atoms with E-state index in [1.54, 1.807) is 0 Å². The second kappa shape index (κ2) is 8.09. The monoisotopic (exact) mass is 412 g/mol. The molecule has 0 spiro atoms. The summed E-state index contributed by atoms with van der Waals surface area (Å²) >= 11 is 0. The van der Waals surface area contributed by atoms with Crippen LogP contribution in [0, 0.1) is 46.3 Å². The van der Waals surface area contributed by atoms with Crippen molar-refractivity contribution in [2.24, 2.45) is 46.3 Å². The third kappa shape index (κ3) is 3.46. The summed E-state index contributed by atoms with van der Waals surface area (Å²) in [5.41, 5.74) is 6.04. The van der Waals surface area contributed by atoms with Gasteiger partial charge in [0.2, 0.25) is 0 Å². The molecule has 3 saturated carbocycles. The second-order valence-electron chi connectivity index (χ2n) is 12.6. The van der Waals surface area contributed by atoms with Crippen LogP contribution in [0.4, 0.5) is 0 Å². The van der Waals surface area contributed by atoms with Gasteiger partial charge in [-0.1, -0.05) is 57.9 Å². The quantitative estimate of drug-likeness (QED) is 0.454. The minimum absolute atomic E-state index is 0.0653. The van der Waals surface area contributed by atoms with Gasteiger partial charge >= 0.3 is 0 Å². The zero-order valence-electron chi connectivity index (χ0n) is 20.8. The van der Waals surface area contributed by atoms with Crippen LogP contribution in [0.1, 0.15) is 106 Å². The molecule has 1 N–H and O–H groups in total. The van der Waals surface area contributed by atoms with E-state index in [1.807, 2.05) is 11.1 Å². The van der Waals surface area contributed by atoms with E-state index in [0.717, 1.165) is 30.1 Å². The van der Waals surface area contributed by atoms with E-state index < -0.39 is 0 Å². The van der Waals surface area contributed by atoms with Gasteiger partial charge in [0.1, 0.15) is 0 Å². The number of aliphatic hydroxyl groups is 1. The molecule has 170 valence electrons. The maximum absolute atomic E-state index is 10.5. The average molecular weight is 413 g/mol. The molecule has 0 radical (unpaired) electrons. The van der Waals surface area contributed by atoms with Crippen molar-refractivity contribution in [3.05, 3.63) is 23.3 Å². The van der Waals surface area contributed by atoms with Gasteiger partial charge in [0.05, 0.1) is 6.10 Å². The Morgan fingerprint density at radius 1 is 1.07 bits per heavy atom. The van der Waals surface area contributed by atoms with Gasteiger partial charge in [-0.2, -0.15) is 0 Å². The van der Waals surface area contributed by atoms with E-state index in [4.69, 9.17) is 0 Å². The highest BCUT2D eigenvalue weighted by Crippen LogP contribution is 2.66. The maximum atomic E-state index is 10.5. The smallest absolute Gasteiger partial charge is 0.0568 e. The number of hydrogen-bond donors (Lipinski definition) is 1. The van der Waals surface area contributed by atoms with Gasteiger partial charge in [0.25, 0.3) is 0 Å². The van der Waals surface area contributed by atoms with Crippen LogP contribution < -0.4 is 0 Å².